The number of carboxylic acid groups (broad SMARTS) is 1. The van der Waals surface area contributed by atoms with E-state index in [-0.39, 0.29) is 11.3 Å². The zero-order valence-electron chi connectivity index (χ0n) is 10.1. The van der Waals surface area contributed by atoms with Gasteiger partial charge in [-0.2, -0.15) is 0 Å². The van der Waals surface area contributed by atoms with Crippen LogP contribution >= 0.6 is 0 Å². The van der Waals surface area contributed by atoms with Crippen LogP contribution in [0.2, 0.25) is 0 Å². The molecule has 0 spiro atoms. The van der Waals surface area contributed by atoms with Crippen LogP contribution in [0.25, 0.3) is 0 Å². The highest BCUT2D eigenvalue weighted by Crippen LogP contribution is 2.29. The Bertz CT molecular complexity index is 214. The van der Waals surface area contributed by atoms with Crippen molar-refractivity contribution in [3.63, 3.8) is 0 Å². The van der Waals surface area contributed by atoms with Crippen LogP contribution in [0, 0.1) is 11.3 Å². The lowest BCUT2D eigenvalue weighted by molar-refractivity contribution is -0.145. The van der Waals surface area contributed by atoms with Crippen LogP contribution in [0.4, 0.5) is 0 Å². The standard InChI is InChI=1S/C12H23NO2/c1-12(2,3)10(11(14)15)6-9-13-7-4-5-8-13/h10H,4-9H2,1-3H3,(H,14,15). The average Bonchev–Trinajstić information content (AvgIpc) is 2.53. The van der Waals surface area contributed by atoms with E-state index in [4.69, 9.17) is 5.11 Å². The summed E-state index contributed by atoms with van der Waals surface area (Å²) in [7, 11) is 0. The van der Waals surface area contributed by atoms with E-state index < -0.39 is 5.97 Å². The second-order valence-corrected chi connectivity index (χ2v) is 5.59. The van der Waals surface area contributed by atoms with Gasteiger partial charge in [-0.25, -0.2) is 0 Å². The van der Waals surface area contributed by atoms with Gasteiger partial charge in [0.05, 0.1) is 5.92 Å². The number of likely N-dealkylation sites (tertiary alicyclic amines) is 1. The lowest BCUT2D eigenvalue weighted by Crippen LogP contribution is -2.32. The van der Waals surface area contributed by atoms with Gasteiger partial charge in [-0.15, -0.1) is 0 Å². The number of carboxylic acids is 1. The van der Waals surface area contributed by atoms with Crippen molar-refractivity contribution in [3.05, 3.63) is 0 Å². The van der Waals surface area contributed by atoms with Gasteiger partial charge in [-0.3, -0.25) is 4.79 Å². The molecule has 0 aromatic carbocycles. The van der Waals surface area contributed by atoms with Crippen LogP contribution in [-0.4, -0.2) is 35.6 Å². The Morgan fingerprint density at radius 3 is 2.27 bits per heavy atom. The molecule has 1 unspecified atom stereocenters. The van der Waals surface area contributed by atoms with Crippen molar-refractivity contribution in [2.75, 3.05) is 19.6 Å². The predicted molar refractivity (Wildman–Crippen MR) is 60.9 cm³/mol. The Balaban J connectivity index is 2.41. The Morgan fingerprint density at radius 2 is 1.87 bits per heavy atom. The van der Waals surface area contributed by atoms with Crippen molar-refractivity contribution < 1.29 is 9.90 Å². The second-order valence-electron chi connectivity index (χ2n) is 5.59. The largest absolute Gasteiger partial charge is 0.481 e. The fourth-order valence-corrected chi connectivity index (χ4v) is 2.24. The van der Waals surface area contributed by atoms with Gasteiger partial charge in [0.15, 0.2) is 0 Å². The molecule has 3 heteroatoms. The Kier molecular flexibility index (Phi) is 4.14. The molecule has 0 amide bonds. The molecule has 1 saturated heterocycles. The van der Waals surface area contributed by atoms with Crippen LogP contribution in [0.15, 0.2) is 0 Å². The van der Waals surface area contributed by atoms with E-state index in [9.17, 15) is 4.79 Å². The van der Waals surface area contributed by atoms with E-state index in [0.717, 1.165) is 26.1 Å². The first-order valence-corrected chi connectivity index (χ1v) is 5.86. The van der Waals surface area contributed by atoms with Crippen LogP contribution < -0.4 is 0 Å². The average molecular weight is 213 g/mol. The normalized spacial score (nSPS) is 20.5. The molecule has 1 aliphatic heterocycles. The summed E-state index contributed by atoms with van der Waals surface area (Å²) in [6.07, 6.45) is 3.32. The molecule has 0 aromatic heterocycles. The molecule has 0 aliphatic carbocycles. The number of nitrogens with zero attached hydrogens (tertiary/aromatic N) is 1. The molecular formula is C12H23NO2. The zero-order chi connectivity index (χ0) is 11.5. The van der Waals surface area contributed by atoms with Crippen molar-refractivity contribution in [1.82, 2.24) is 4.90 Å². The van der Waals surface area contributed by atoms with Crippen LogP contribution in [0.3, 0.4) is 0 Å². The van der Waals surface area contributed by atoms with E-state index in [1.165, 1.54) is 12.8 Å². The molecule has 1 heterocycles. The quantitative estimate of drug-likeness (QED) is 0.778. The Labute approximate surface area is 92.5 Å². The summed E-state index contributed by atoms with van der Waals surface area (Å²) in [6, 6.07) is 0. The van der Waals surface area contributed by atoms with Gasteiger partial charge in [-0.05, 0) is 44.3 Å². The fraction of sp³-hybridized carbons (Fsp3) is 0.917. The van der Waals surface area contributed by atoms with E-state index in [2.05, 4.69) is 4.90 Å². The summed E-state index contributed by atoms with van der Waals surface area (Å²) in [4.78, 5) is 13.5. The molecule has 1 fully saturated rings. The summed E-state index contributed by atoms with van der Waals surface area (Å²) in [5.74, 6) is -0.875. The zero-order valence-corrected chi connectivity index (χ0v) is 10.1. The van der Waals surface area contributed by atoms with Crippen LogP contribution in [0.5, 0.6) is 0 Å². The highest BCUT2D eigenvalue weighted by molar-refractivity contribution is 5.70. The van der Waals surface area contributed by atoms with Gasteiger partial charge in [-0.1, -0.05) is 20.8 Å². The lowest BCUT2D eigenvalue weighted by Gasteiger charge is -2.28. The summed E-state index contributed by atoms with van der Waals surface area (Å²) in [5, 5.41) is 9.16. The van der Waals surface area contributed by atoms with E-state index in [1.54, 1.807) is 0 Å². The van der Waals surface area contributed by atoms with E-state index in [1.807, 2.05) is 20.8 Å². The molecule has 0 aromatic rings. The topological polar surface area (TPSA) is 40.5 Å². The number of hydrogen-bond donors (Lipinski definition) is 1. The molecule has 88 valence electrons. The maximum absolute atomic E-state index is 11.1. The van der Waals surface area contributed by atoms with Gasteiger partial charge in [0.25, 0.3) is 0 Å². The molecule has 0 bridgehead atoms. The van der Waals surface area contributed by atoms with E-state index in [0.29, 0.717) is 0 Å². The van der Waals surface area contributed by atoms with Crippen molar-refractivity contribution in [1.29, 1.82) is 0 Å². The minimum Gasteiger partial charge on any atom is -0.481 e. The molecule has 1 rings (SSSR count). The molecule has 15 heavy (non-hydrogen) atoms. The van der Waals surface area contributed by atoms with Gasteiger partial charge in [0, 0.05) is 0 Å². The van der Waals surface area contributed by atoms with Crippen molar-refractivity contribution >= 4 is 5.97 Å². The first kappa shape index (κ1) is 12.5. The minimum absolute atomic E-state index is 0.133. The van der Waals surface area contributed by atoms with Gasteiger partial charge < -0.3 is 10.0 Å². The highest BCUT2D eigenvalue weighted by Gasteiger charge is 2.31. The molecule has 0 saturated carbocycles. The maximum atomic E-state index is 11.1. The molecule has 1 N–H and O–H groups in total. The van der Waals surface area contributed by atoms with Crippen molar-refractivity contribution in [2.24, 2.45) is 11.3 Å². The third-order valence-electron chi connectivity index (χ3n) is 3.28. The Hall–Kier alpha value is -0.570. The molecule has 1 aliphatic rings. The summed E-state index contributed by atoms with van der Waals surface area (Å²) >= 11 is 0. The predicted octanol–water partition coefficient (Wildman–Crippen LogP) is 2.22. The summed E-state index contributed by atoms with van der Waals surface area (Å²) < 4.78 is 0. The molecule has 3 nitrogen and oxygen atoms in total. The number of carbonyl (C=O) groups is 1. The summed E-state index contributed by atoms with van der Waals surface area (Å²) in [5.41, 5.74) is -0.133. The number of hydrogen-bond acceptors (Lipinski definition) is 2. The van der Waals surface area contributed by atoms with Crippen molar-refractivity contribution in [3.8, 4) is 0 Å². The van der Waals surface area contributed by atoms with Gasteiger partial charge in [0.1, 0.15) is 0 Å². The molecule has 1 atom stereocenters. The third kappa shape index (κ3) is 3.82. The maximum Gasteiger partial charge on any atom is 0.307 e. The minimum atomic E-state index is -0.651. The van der Waals surface area contributed by atoms with Gasteiger partial charge >= 0.3 is 5.97 Å². The van der Waals surface area contributed by atoms with E-state index >= 15 is 0 Å². The number of rotatable bonds is 4. The van der Waals surface area contributed by atoms with Crippen molar-refractivity contribution in [2.45, 2.75) is 40.0 Å². The highest BCUT2D eigenvalue weighted by atomic mass is 16.4. The molecule has 0 radical (unpaired) electrons. The van der Waals surface area contributed by atoms with Gasteiger partial charge in [0.2, 0.25) is 0 Å². The fourth-order valence-electron chi connectivity index (χ4n) is 2.24. The summed E-state index contributed by atoms with van der Waals surface area (Å²) in [6.45, 7) is 9.27. The third-order valence-corrected chi connectivity index (χ3v) is 3.28. The monoisotopic (exact) mass is 213 g/mol. The smallest absolute Gasteiger partial charge is 0.307 e. The first-order chi connectivity index (χ1) is 6.91. The first-order valence-electron chi connectivity index (χ1n) is 5.86. The Morgan fingerprint density at radius 1 is 1.33 bits per heavy atom. The number of aliphatic carboxylic acids is 1. The second kappa shape index (κ2) is 4.97. The van der Waals surface area contributed by atoms with Crippen LogP contribution in [0.1, 0.15) is 40.0 Å². The molecular weight excluding hydrogens is 190 g/mol. The van der Waals surface area contributed by atoms with Crippen LogP contribution in [-0.2, 0) is 4.79 Å². The SMILES string of the molecule is CC(C)(C)C(CCN1CCCC1)C(=O)O. The lowest BCUT2D eigenvalue weighted by atomic mass is 9.79.